The molecule has 4 aliphatic rings. The maximum atomic E-state index is 15.8. The van der Waals surface area contributed by atoms with Gasteiger partial charge in [-0.15, -0.1) is 0 Å². The summed E-state index contributed by atoms with van der Waals surface area (Å²) in [5, 5.41) is 19.0. The fourth-order valence-electron chi connectivity index (χ4n) is 10.4. The summed E-state index contributed by atoms with van der Waals surface area (Å²) in [6.45, 7) is 6.58. The Bertz CT molecular complexity index is 3300. The van der Waals surface area contributed by atoms with Crippen LogP contribution in [0.3, 0.4) is 0 Å². The van der Waals surface area contributed by atoms with Gasteiger partial charge >= 0.3 is 0 Å². The van der Waals surface area contributed by atoms with E-state index in [4.69, 9.17) is 18.5 Å². The lowest BCUT2D eigenvalue weighted by molar-refractivity contribution is 0.121. The maximum Gasteiger partial charge on any atom is 0.292 e. The summed E-state index contributed by atoms with van der Waals surface area (Å²) in [6.07, 6.45) is 0. The van der Waals surface area contributed by atoms with Crippen molar-refractivity contribution < 1.29 is 37.9 Å². The number of rotatable bonds is 6. The van der Waals surface area contributed by atoms with Crippen LogP contribution in [0.1, 0.15) is 47.2 Å². The first kappa shape index (κ1) is 45.4. The second-order valence-corrected chi connectivity index (χ2v) is 24.1. The van der Waals surface area contributed by atoms with Gasteiger partial charge in [0.1, 0.15) is 58.3 Å². The van der Waals surface area contributed by atoms with E-state index < -0.39 is 25.0 Å². The summed E-state index contributed by atoms with van der Waals surface area (Å²) in [7, 11) is -3.14. The highest BCUT2D eigenvalue weighted by Gasteiger charge is 2.55. The van der Waals surface area contributed by atoms with Gasteiger partial charge in [0.25, 0.3) is 14.7 Å². The molecule has 8 aromatic rings. The highest BCUT2D eigenvalue weighted by atomic mass is 31.2. The van der Waals surface area contributed by atoms with E-state index in [2.05, 4.69) is 47.1 Å². The summed E-state index contributed by atoms with van der Waals surface area (Å²) in [5.41, 5.74) is 9.21. The molecule has 0 fully saturated rings. The zero-order valence-electron chi connectivity index (χ0n) is 39.3. The van der Waals surface area contributed by atoms with Gasteiger partial charge in [0.15, 0.2) is 0 Å². The second kappa shape index (κ2) is 17.4. The van der Waals surface area contributed by atoms with E-state index in [1.165, 1.54) is 0 Å². The van der Waals surface area contributed by atoms with Crippen molar-refractivity contribution in [3.8, 4) is 56.8 Å². The van der Waals surface area contributed by atoms with Gasteiger partial charge in [-0.2, -0.15) is 0 Å². The first-order valence-electron chi connectivity index (χ1n) is 23.3. The van der Waals surface area contributed by atoms with Crippen molar-refractivity contribution in [3.05, 3.63) is 215 Å². The highest BCUT2D eigenvalue weighted by molar-refractivity contribution is 7.69. The number of para-hydroxylation sites is 2. The molecule has 8 aromatic carbocycles. The molecule has 12 heteroatoms. The van der Waals surface area contributed by atoms with Gasteiger partial charge in [-0.3, -0.25) is 18.9 Å². The largest absolute Gasteiger partial charge is 0.508 e. The van der Waals surface area contributed by atoms with Gasteiger partial charge in [0, 0.05) is 35.3 Å². The normalized spacial score (nSPS) is 19.0. The molecule has 0 amide bonds. The predicted octanol–water partition coefficient (Wildman–Crippen LogP) is 12.2. The third-order valence-electron chi connectivity index (χ3n) is 14.3. The van der Waals surface area contributed by atoms with Crippen molar-refractivity contribution in [1.29, 1.82) is 0 Å². The van der Waals surface area contributed by atoms with Crippen molar-refractivity contribution >= 4 is 25.3 Å². The summed E-state index contributed by atoms with van der Waals surface area (Å²) in [4.78, 5) is 4.25. The van der Waals surface area contributed by atoms with Crippen molar-refractivity contribution in [1.82, 2.24) is 9.80 Å². The molecule has 4 aliphatic heterocycles. The minimum atomic E-state index is -3.61. The average molecular weight is 967 g/mol. The monoisotopic (exact) mass is 966 g/mol. The molecular formula is C58H52N2O8P2. The Labute approximate surface area is 408 Å². The number of nitrogens with zero attached hydrogens (tertiary/aromatic N) is 2. The molecule has 10 nitrogen and oxygen atoms in total. The fourth-order valence-corrected chi connectivity index (χ4v) is 16.3. The average Bonchev–Trinajstić information content (AvgIpc) is 3.38. The summed E-state index contributed by atoms with van der Waals surface area (Å²) in [5.74, 6) is 3.22. The van der Waals surface area contributed by atoms with Crippen LogP contribution in [0.15, 0.2) is 182 Å². The molecule has 352 valence electrons. The van der Waals surface area contributed by atoms with E-state index in [0.29, 0.717) is 30.3 Å². The number of phenolic OH excluding ortho intramolecular Hbond substituents is 2. The molecule has 2 atom stereocenters. The van der Waals surface area contributed by atoms with Crippen molar-refractivity contribution in [2.24, 2.45) is 0 Å². The van der Waals surface area contributed by atoms with Crippen LogP contribution in [0, 0.1) is 0 Å². The Kier molecular flexibility index (Phi) is 11.3. The van der Waals surface area contributed by atoms with Gasteiger partial charge in [-0.1, -0.05) is 109 Å². The van der Waals surface area contributed by atoms with Gasteiger partial charge in [0.05, 0.1) is 10.6 Å². The third-order valence-corrected chi connectivity index (χ3v) is 20.6. The number of aromatic hydroxyl groups is 2. The Hall–Kier alpha value is -7.06. The first-order chi connectivity index (χ1) is 33.8. The number of ether oxygens (including phenoxy) is 2. The molecule has 70 heavy (non-hydrogen) atoms. The minimum absolute atomic E-state index is 0.130. The molecule has 0 radical (unpaired) electrons. The number of phenols is 2. The lowest BCUT2D eigenvalue weighted by Crippen LogP contribution is -2.35. The first-order valence-corrected chi connectivity index (χ1v) is 26.5. The minimum Gasteiger partial charge on any atom is -0.508 e. The number of hydrogen-bond donors (Lipinski definition) is 2. The van der Waals surface area contributed by atoms with Gasteiger partial charge < -0.3 is 28.7 Å². The van der Waals surface area contributed by atoms with E-state index in [-0.39, 0.29) is 11.5 Å². The molecule has 0 spiro atoms. The van der Waals surface area contributed by atoms with E-state index >= 15 is 9.13 Å². The van der Waals surface area contributed by atoms with Crippen LogP contribution in [-0.2, 0) is 32.5 Å². The molecule has 0 saturated heterocycles. The van der Waals surface area contributed by atoms with Crippen molar-refractivity contribution in [2.75, 3.05) is 27.6 Å². The van der Waals surface area contributed by atoms with Crippen LogP contribution in [0.25, 0.3) is 22.3 Å². The Balaban J connectivity index is 0.000000157. The summed E-state index contributed by atoms with van der Waals surface area (Å²) >= 11 is 0. The number of fused-ring (bicyclic) bond motifs is 8. The predicted molar refractivity (Wildman–Crippen MR) is 275 cm³/mol. The van der Waals surface area contributed by atoms with E-state index in [0.717, 1.165) is 85.5 Å². The third kappa shape index (κ3) is 7.32. The van der Waals surface area contributed by atoms with E-state index in [9.17, 15) is 10.2 Å². The molecule has 0 saturated carbocycles. The molecule has 12 rings (SSSR count). The molecule has 4 heterocycles. The summed E-state index contributed by atoms with van der Waals surface area (Å²) < 4.78 is 55.9. The van der Waals surface area contributed by atoms with Crippen LogP contribution in [0.5, 0.6) is 34.5 Å². The van der Waals surface area contributed by atoms with Crippen molar-refractivity contribution in [3.63, 3.8) is 0 Å². The van der Waals surface area contributed by atoms with Gasteiger partial charge in [-0.25, -0.2) is 0 Å². The number of benzene rings is 8. The van der Waals surface area contributed by atoms with Crippen LogP contribution in [0.2, 0.25) is 0 Å². The molecular weight excluding hydrogens is 915 g/mol. The standard InChI is InChI=1S/C32H31N2O4P.C26H21O4P/c1-32(24-12-14-28-22(16-24)18-33(2)20-36-28,25-13-15-29-23(17-25)19-34(3)21-37-29)39(35)31-11-7-5-9-27(31)26-8-4-6-10-30(26)38-39;1-26(18-10-14-20(27)15-11-18,19-12-16-21(28)17-13-19)31(29)25-9-5-3-7-23(25)22-6-2-4-8-24(22)30-31/h4-17H,18-21H2,1-3H3;2-17,27-28H,1H3. The quantitative estimate of drug-likeness (QED) is 0.156. The SMILES string of the molecule is CC(c1ccc(O)cc1)(c1ccc(O)cc1)P1(=O)Oc2ccccc2-c2ccccc21.CN1COc2ccc(C(C)(c3ccc4c(c3)CN(C)CO4)P3(=O)Oc4ccccc4-c4ccccc43)cc2C1. The zero-order valence-corrected chi connectivity index (χ0v) is 41.1. The Morgan fingerprint density at radius 1 is 0.429 bits per heavy atom. The molecule has 2 N–H and O–H groups in total. The lowest BCUT2D eigenvalue weighted by Gasteiger charge is -2.42. The molecule has 0 aliphatic carbocycles. The highest BCUT2D eigenvalue weighted by Crippen LogP contribution is 2.70. The van der Waals surface area contributed by atoms with Crippen molar-refractivity contribution in [2.45, 2.75) is 37.2 Å². The summed E-state index contributed by atoms with van der Waals surface area (Å²) in [6, 6.07) is 57.0. The lowest BCUT2D eigenvalue weighted by atomic mass is 9.89. The maximum absolute atomic E-state index is 15.8. The smallest absolute Gasteiger partial charge is 0.292 e. The molecule has 0 aromatic heterocycles. The van der Waals surface area contributed by atoms with Crippen LogP contribution < -0.4 is 29.1 Å². The molecule has 2 unspecified atom stereocenters. The molecule has 0 bridgehead atoms. The van der Waals surface area contributed by atoms with Gasteiger partial charge in [-0.05, 0) is 134 Å². The van der Waals surface area contributed by atoms with E-state index in [1.54, 1.807) is 48.5 Å². The van der Waals surface area contributed by atoms with E-state index in [1.807, 2.05) is 124 Å². The van der Waals surface area contributed by atoms with Crippen LogP contribution in [0.4, 0.5) is 0 Å². The fraction of sp³-hybridized carbons (Fsp3) is 0.172. The Morgan fingerprint density at radius 3 is 1.19 bits per heavy atom. The van der Waals surface area contributed by atoms with Crippen LogP contribution >= 0.6 is 14.7 Å². The Morgan fingerprint density at radius 2 is 0.771 bits per heavy atom. The zero-order chi connectivity index (χ0) is 48.4. The second-order valence-electron chi connectivity index (χ2n) is 18.8. The number of hydrogen-bond acceptors (Lipinski definition) is 10. The van der Waals surface area contributed by atoms with Crippen LogP contribution in [-0.4, -0.2) is 47.6 Å². The van der Waals surface area contributed by atoms with Gasteiger partial charge in [0.2, 0.25) is 0 Å². The topological polar surface area (TPSA) is 118 Å².